The van der Waals surface area contributed by atoms with Crippen molar-refractivity contribution in [3.05, 3.63) is 62.2 Å². The highest BCUT2D eigenvalue weighted by atomic mass is 79.9. The van der Waals surface area contributed by atoms with Crippen LogP contribution in [-0.4, -0.2) is 15.2 Å². The van der Waals surface area contributed by atoms with Gasteiger partial charge in [0, 0.05) is 16.6 Å². The smallest absolute Gasteiger partial charge is 0.249 e. The molecule has 29 heavy (non-hydrogen) atoms. The summed E-state index contributed by atoms with van der Waals surface area (Å²) in [7, 11) is 0. The monoisotopic (exact) mass is 487 g/mol. The van der Waals surface area contributed by atoms with E-state index in [1.807, 2.05) is 6.07 Å². The van der Waals surface area contributed by atoms with Crippen LogP contribution in [0.5, 0.6) is 0 Å². The lowest BCUT2D eigenvalue weighted by molar-refractivity contribution is 0.981. The van der Waals surface area contributed by atoms with Gasteiger partial charge in [0.15, 0.2) is 11.0 Å². The summed E-state index contributed by atoms with van der Waals surface area (Å²) in [5.74, 6) is 0.490. The first kappa shape index (κ1) is 20.8. The zero-order chi connectivity index (χ0) is 20.8. The molecule has 10 heteroatoms. The van der Waals surface area contributed by atoms with Gasteiger partial charge in [-0.05, 0) is 64.3 Å². The van der Waals surface area contributed by atoms with Crippen molar-refractivity contribution < 1.29 is 0 Å². The number of hydrogen-bond acceptors (Lipinski definition) is 7. The number of nitriles is 2. The molecule has 0 aliphatic carbocycles. The molecule has 3 rings (SSSR count). The number of benzene rings is 2. The first-order valence-corrected chi connectivity index (χ1v) is 9.84. The van der Waals surface area contributed by atoms with E-state index in [-0.39, 0.29) is 11.1 Å². The highest BCUT2D eigenvalue weighted by molar-refractivity contribution is 9.10. The van der Waals surface area contributed by atoms with Crippen molar-refractivity contribution in [1.82, 2.24) is 15.2 Å². The van der Waals surface area contributed by atoms with Gasteiger partial charge in [0.05, 0.1) is 28.4 Å². The number of nitrogens with zero attached hydrogens (tertiary/aromatic N) is 5. The van der Waals surface area contributed by atoms with E-state index in [1.54, 1.807) is 30.3 Å². The molecule has 0 radical (unpaired) electrons. The molecule has 0 saturated carbocycles. The van der Waals surface area contributed by atoms with Gasteiger partial charge in [0.1, 0.15) is 0 Å². The Morgan fingerprint density at radius 3 is 2.45 bits per heavy atom. The summed E-state index contributed by atoms with van der Waals surface area (Å²) < 4.78 is 0.707. The standard InChI is InChI=1S/C19H12BrCl2N7/c20-14-8-12(2-1-7-23)9-15(21)16(14)26-19-27-18(17(22)28-29-19)25-13-5-3-11(10-24)4-6-13/h3-6,8-9H,1-2H2,(H2,25,26,27,29). The fraction of sp³-hybridized carbons (Fsp3) is 0.105. The number of hydrogen-bond donors (Lipinski definition) is 2. The third kappa shape index (κ3) is 5.33. The number of halogens is 3. The minimum absolute atomic E-state index is 0.0944. The van der Waals surface area contributed by atoms with E-state index < -0.39 is 0 Å². The van der Waals surface area contributed by atoms with Crippen molar-refractivity contribution in [1.29, 1.82) is 10.5 Å². The summed E-state index contributed by atoms with van der Waals surface area (Å²) in [5.41, 5.74) is 2.74. The van der Waals surface area contributed by atoms with Gasteiger partial charge in [-0.1, -0.05) is 23.2 Å². The van der Waals surface area contributed by atoms with E-state index in [9.17, 15) is 0 Å². The highest BCUT2D eigenvalue weighted by Gasteiger charge is 2.13. The van der Waals surface area contributed by atoms with Gasteiger partial charge in [-0.15, -0.1) is 10.2 Å². The molecular formula is C19H12BrCl2N7. The number of aryl methyl sites for hydroxylation is 1. The van der Waals surface area contributed by atoms with E-state index in [0.717, 1.165) is 5.56 Å². The molecule has 0 spiro atoms. The molecule has 0 bridgehead atoms. The maximum atomic E-state index is 8.88. The van der Waals surface area contributed by atoms with Gasteiger partial charge in [-0.2, -0.15) is 15.5 Å². The maximum Gasteiger partial charge on any atom is 0.249 e. The van der Waals surface area contributed by atoms with Crippen LogP contribution in [0, 0.1) is 22.7 Å². The fourth-order valence-corrected chi connectivity index (χ4v) is 3.55. The van der Waals surface area contributed by atoms with Crippen LogP contribution < -0.4 is 10.6 Å². The van der Waals surface area contributed by atoms with Crippen molar-refractivity contribution >= 4 is 62.3 Å². The summed E-state index contributed by atoms with van der Waals surface area (Å²) >= 11 is 15.9. The van der Waals surface area contributed by atoms with Crippen LogP contribution in [0.4, 0.5) is 23.1 Å². The van der Waals surface area contributed by atoms with Crippen LogP contribution in [0.2, 0.25) is 10.2 Å². The van der Waals surface area contributed by atoms with E-state index in [4.69, 9.17) is 33.7 Å². The minimum Gasteiger partial charge on any atom is -0.337 e. The Morgan fingerprint density at radius 2 is 1.79 bits per heavy atom. The molecule has 0 saturated heterocycles. The molecular weight excluding hydrogens is 477 g/mol. The Morgan fingerprint density at radius 1 is 1.03 bits per heavy atom. The van der Waals surface area contributed by atoms with E-state index in [0.29, 0.717) is 45.1 Å². The zero-order valence-corrected chi connectivity index (χ0v) is 17.8. The summed E-state index contributed by atoms with van der Waals surface area (Å²) in [6, 6.07) is 14.6. The van der Waals surface area contributed by atoms with E-state index >= 15 is 0 Å². The van der Waals surface area contributed by atoms with Gasteiger partial charge < -0.3 is 10.6 Å². The predicted molar refractivity (Wildman–Crippen MR) is 116 cm³/mol. The summed E-state index contributed by atoms with van der Waals surface area (Å²) in [4.78, 5) is 4.34. The third-order valence-electron chi connectivity index (χ3n) is 3.79. The molecule has 2 N–H and O–H groups in total. The quantitative estimate of drug-likeness (QED) is 0.453. The third-order valence-corrected chi connectivity index (χ3v) is 4.96. The molecule has 0 fully saturated rings. The molecule has 1 aromatic heterocycles. The molecule has 144 valence electrons. The van der Waals surface area contributed by atoms with E-state index in [1.165, 1.54) is 0 Å². The molecule has 1 heterocycles. The molecule has 3 aromatic rings. The first-order valence-electron chi connectivity index (χ1n) is 8.29. The van der Waals surface area contributed by atoms with Crippen molar-refractivity contribution in [2.24, 2.45) is 0 Å². The minimum atomic E-state index is 0.0944. The topological polar surface area (TPSA) is 110 Å². The van der Waals surface area contributed by atoms with Crippen molar-refractivity contribution in [2.75, 3.05) is 10.6 Å². The van der Waals surface area contributed by atoms with Crippen LogP contribution in [0.3, 0.4) is 0 Å². The lowest BCUT2D eigenvalue weighted by Gasteiger charge is -2.12. The van der Waals surface area contributed by atoms with E-state index in [2.05, 4.69) is 53.9 Å². The number of anilines is 4. The summed E-state index contributed by atoms with van der Waals surface area (Å²) in [6.07, 6.45) is 1.01. The lowest BCUT2D eigenvalue weighted by atomic mass is 10.1. The molecule has 2 aromatic carbocycles. The second kappa shape index (κ2) is 9.53. The average Bonchev–Trinajstić information content (AvgIpc) is 2.72. The molecule has 7 nitrogen and oxygen atoms in total. The Balaban J connectivity index is 1.83. The molecule has 0 aliphatic heterocycles. The molecule has 0 aliphatic rings. The Bertz CT molecular complexity index is 1100. The Labute approximate surface area is 185 Å². The number of nitrogens with one attached hydrogen (secondary N) is 2. The van der Waals surface area contributed by atoms with Crippen LogP contribution in [-0.2, 0) is 6.42 Å². The van der Waals surface area contributed by atoms with Crippen molar-refractivity contribution in [2.45, 2.75) is 12.8 Å². The van der Waals surface area contributed by atoms with Gasteiger partial charge in [0.2, 0.25) is 5.95 Å². The summed E-state index contributed by atoms with van der Waals surface area (Å²) in [6.45, 7) is 0. The van der Waals surface area contributed by atoms with Gasteiger partial charge in [-0.3, -0.25) is 0 Å². The molecule has 0 amide bonds. The zero-order valence-electron chi connectivity index (χ0n) is 14.7. The van der Waals surface area contributed by atoms with Crippen LogP contribution in [0.25, 0.3) is 0 Å². The number of aromatic nitrogens is 3. The van der Waals surface area contributed by atoms with Crippen molar-refractivity contribution in [3.63, 3.8) is 0 Å². The van der Waals surface area contributed by atoms with Gasteiger partial charge >= 0.3 is 0 Å². The highest BCUT2D eigenvalue weighted by Crippen LogP contribution is 2.34. The maximum absolute atomic E-state index is 8.88. The van der Waals surface area contributed by atoms with Crippen LogP contribution in [0.1, 0.15) is 17.5 Å². The number of rotatable bonds is 6. The van der Waals surface area contributed by atoms with Gasteiger partial charge in [-0.25, -0.2) is 0 Å². The average molecular weight is 489 g/mol. The largest absolute Gasteiger partial charge is 0.337 e. The normalized spacial score (nSPS) is 10.1. The van der Waals surface area contributed by atoms with Crippen molar-refractivity contribution in [3.8, 4) is 12.1 Å². The molecule has 0 atom stereocenters. The fourth-order valence-electron chi connectivity index (χ4n) is 2.41. The Kier molecular flexibility index (Phi) is 6.84. The lowest BCUT2D eigenvalue weighted by Crippen LogP contribution is -2.05. The van der Waals surface area contributed by atoms with Crippen LogP contribution in [0.15, 0.2) is 40.9 Å². The second-order valence-electron chi connectivity index (χ2n) is 5.81. The predicted octanol–water partition coefficient (Wildman–Crippen LogP) is 5.76. The molecule has 0 unspecified atom stereocenters. The first-order chi connectivity index (χ1) is 14.0. The SMILES string of the molecule is N#CCCc1cc(Cl)c(Nc2nnc(Cl)c(Nc3ccc(C#N)cc3)n2)c(Br)c1. The Hall–Kier alpha value is -2.91. The van der Waals surface area contributed by atoms with Crippen LogP contribution >= 0.6 is 39.1 Å². The summed E-state index contributed by atoms with van der Waals surface area (Å²) in [5, 5.41) is 32.1. The second-order valence-corrected chi connectivity index (χ2v) is 7.43. The van der Waals surface area contributed by atoms with Gasteiger partial charge in [0.25, 0.3) is 0 Å².